The highest BCUT2D eigenvalue weighted by Crippen LogP contribution is 2.30. The molecule has 0 heterocycles. The first kappa shape index (κ1) is 22.3. The zero-order chi connectivity index (χ0) is 21.7. The molecule has 0 bridgehead atoms. The number of amides is 1. The minimum atomic E-state index is -4.48. The minimum absolute atomic E-state index is 0.0502. The average Bonchev–Trinajstić information content (AvgIpc) is 2.66. The summed E-state index contributed by atoms with van der Waals surface area (Å²) in [5.41, 5.74) is 0.651. The Kier molecular flexibility index (Phi) is 6.96. The van der Waals surface area contributed by atoms with Crippen molar-refractivity contribution in [3.63, 3.8) is 0 Å². The Morgan fingerprint density at radius 2 is 1.62 bits per heavy atom. The Morgan fingerprint density at radius 1 is 1.00 bits per heavy atom. The summed E-state index contributed by atoms with van der Waals surface area (Å²) >= 11 is 0. The van der Waals surface area contributed by atoms with E-state index in [0.29, 0.717) is 11.3 Å². The molecule has 0 radical (unpaired) electrons. The molecule has 0 fully saturated rings. The number of ether oxygens (including phenoxy) is 2. The molecule has 11 heteroatoms. The second kappa shape index (κ2) is 9.03. The number of hydrogen-bond donors (Lipinski definition) is 2. The van der Waals surface area contributed by atoms with Crippen LogP contribution in [0.2, 0.25) is 0 Å². The summed E-state index contributed by atoms with van der Waals surface area (Å²) in [6.07, 6.45) is -4.75. The molecule has 0 aliphatic carbocycles. The first-order valence-corrected chi connectivity index (χ1v) is 9.69. The summed E-state index contributed by atoms with van der Waals surface area (Å²) in [5, 5.41) is 1.77. The summed E-state index contributed by atoms with van der Waals surface area (Å²) in [6.45, 7) is -1.41. The number of benzene rings is 2. The van der Waals surface area contributed by atoms with Crippen molar-refractivity contribution >= 4 is 21.6 Å². The maximum atomic E-state index is 12.5. The van der Waals surface area contributed by atoms with Gasteiger partial charge in [0.05, 0.1) is 25.5 Å². The Bertz CT molecular complexity index is 960. The summed E-state index contributed by atoms with van der Waals surface area (Å²) < 4.78 is 73.9. The number of halogens is 3. The molecule has 29 heavy (non-hydrogen) atoms. The normalized spacial score (nSPS) is 11.6. The van der Waals surface area contributed by atoms with Gasteiger partial charge < -0.3 is 14.8 Å². The van der Waals surface area contributed by atoms with Crippen molar-refractivity contribution in [3.8, 4) is 11.5 Å². The molecule has 0 atom stereocenters. The van der Waals surface area contributed by atoms with Gasteiger partial charge in [0.25, 0.3) is 10.0 Å². The maximum absolute atomic E-state index is 12.5. The van der Waals surface area contributed by atoms with E-state index < -0.39 is 28.7 Å². The molecule has 158 valence electrons. The van der Waals surface area contributed by atoms with Crippen LogP contribution in [-0.4, -0.2) is 41.3 Å². The quantitative estimate of drug-likeness (QED) is 0.669. The lowest BCUT2D eigenvalue weighted by molar-refractivity contribution is -0.138. The topological polar surface area (TPSA) is 93.7 Å². The lowest BCUT2D eigenvalue weighted by Crippen LogP contribution is -2.34. The van der Waals surface area contributed by atoms with Crippen molar-refractivity contribution in [2.24, 2.45) is 0 Å². The van der Waals surface area contributed by atoms with E-state index in [1.165, 1.54) is 56.7 Å². The average molecular weight is 432 g/mol. The van der Waals surface area contributed by atoms with E-state index in [0.717, 1.165) is 0 Å². The van der Waals surface area contributed by atoms with Crippen LogP contribution in [0, 0.1) is 0 Å². The summed E-state index contributed by atoms with van der Waals surface area (Å²) in [5.74, 6) is -0.170. The number of hydrogen-bond acceptors (Lipinski definition) is 5. The molecule has 7 nitrogen and oxygen atoms in total. The van der Waals surface area contributed by atoms with Crippen molar-refractivity contribution in [2.45, 2.75) is 17.5 Å². The fourth-order valence-electron chi connectivity index (χ4n) is 2.34. The van der Waals surface area contributed by atoms with Gasteiger partial charge in [0.15, 0.2) is 11.5 Å². The Morgan fingerprint density at radius 3 is 2.17 bits per heavy atom. The summed E-state index contributed by atoms with van der Waals surface area (Å²) in [4.78, 5) is 11.5. The van der Waals surface area contributed by atoms with Crippen molar-refractivity contribution in [3.05, 3.63) is 48.0 Å². The van der Waals surface area contributed by atoms with E-state index >= 15 is 0 Å². The monoisotopic (exact) mass is 432 g/mol. The standard InChI is InChI=1S/C18H19F3N2O5S/c1-27-15-8-7-14(10-16(15)28-2)29(25,26)23-13-5-3-12(4-6-13)9-17(24)22-11-18(19,20)21/h3-8,10,23H,9,11H2,1-2H3,(H,22,24). The van der Waals surface area contributed by atoms with Crippen LogP contribution in [0.15, 0.2) is 47.4 Å². The van der Waals surface area contributed by atoms with E-state index in [4.69, 9.17) is 9.47 Å². The third-order valence-corrected chi connectivity index (χ3v) is 5.10. The van der Waals surface area contributed by atoms with Crippen LogP contribution >= 0.6 is 0 Å². The highest BCUT2D eigenvalue weighted by atomic mass is 32.2. The van der Waals surface area contributed by atoms with Crippen LogP contribution in [0.4, 0.5) is 18.9 Å². The van der Waals surface area contributed by atoms with Gasteiger partial charge in [0, 0.05) is 11.8 Å². The highest BCUT2D eigenvalue weighted by molar-refractivity contribution is 7.92. The molecule has 0 unspecified atom stereocenters. The van der Waals surface area contributed by atoms with Gasteiger partial charge in [-0.1, -0.05) is 12.1 Å². The molecule has 0 aliphatic heterocycles. The van der Waals surface area contributed by atoms with E-state index in [9.17, 15) is 26.4 Å². The molecule has 1 amide bonds. The number of carbonyl (C=O) groups excluding carboxylic acids is 1. The van der Waals surface area contributed by atoms with Crippen LogP contribution < -0.4 is 19.5 Å². The number of sulfonamides is 1. The van der Waals surface area contributed by atoms with E-state index in [1.807, 2.05) is 0 Å². The number of anilines is 1. The minimum Gasteiger partial charge on any atom is -0.493 e. The van der Waals surface area contributed by atoms with Gasteiger partial charge in [0.1, 0.15) is 6.54 Å². The van der Waals surface area contributed by atoms with Crippen molar-refractivity contribution < 1.29 is 35.9 Å². The third kappa shape index (κ3) is 6.56. The molecule has 2 N–H and O–H groups in total. The molecular formula is C18H19F3N2O5S. The second-order valence-corrected chi connectivity index (χ2v) is 7.57. The maximum Gasteiger partial charge on any atom is 0.405 e. The zero-order valence-corrected chi connectivity index (χ0v) is 16.4. The number of alkyl halides is 3. The fraction of sp³-hybridized carbons (Fsp3) is 0.278. The molecule has 0 spiro atoms. The Hall–Kier alpha value is -2.95. The molecule has 0 saturated heterocycles. The van der Waals surface area contributed by atoms with Gasteiger partial charge in [0.2, 0.25) is 5.91 Å². The van der Waals surface area contributed by atoms with Crippen LogP contribution in [-0.2, 0) is 21.2 Å². The first-order valence-electron chi connectivity index (χ1n) is 8.21. The zero-order valence-electron chi connectivity index (χ0n) is 15.5. The van der Waals surface area contributed by atoms with Crippen molar-refractivity contribution in [1.82, 2.24) is 5.32 Å². The highest BCUT2D eigenvalue weighted by Gasteiger charge is 2.27. The lowest BCUT2D eigenvalue weighted by Gasteiger charge is -2.12. The molecule has 2 aromatic carbocycles. The Labute approximate surface area is 165 Å². The van der Waals surface area contributed by atoms with Crippen LogP contribution in [0.25, 0.3) is 0 Å². The number of nitrogens with one attached hydrogen (secondary N) is 2. The molecule has 0 aliphatic rings. The first-order chi connectivity index (χ1) is 13.5. The third-order valence-electron chi connectivity index (χ3n) is 3.72. The SMILES string of the molecule is COc1ccc(S(=O)(=O)Nc2ccc(CC(=O)NCC(F)(F)F)cc2)cc1OC. The van der Waals surface area contributed by atoms with Crippen molar-refractivity contribution in [1.29, 1.82) is 0 Å². The van der Waals surface area contributed by atoms with E-state index in [2.05, 4.69) is 4.72 Å². The van der Waals surface area contributed by atoms with Crippen LogP contribution in [0.1, 0.15) is 5.56 Å². The van der Waals surface area contributed by atoms with Gasteiger partial charge in [-0.25, -0.2) is 8.42 Å². The van der Waals surface area contributed by atoms with E-state index in [-0.39, 0.29) is 22.8 Å². The summed E-state index contributed by atoms with van der Waals surface area (Å²) in [7, 11) is -1.12. The van der Waals surface area contributed by atoms with Gasteiger partial charge in [-0.2, -0.15) is 13.2 Å². The smallest absolute Gasteiger partial charge is 0.405 e. The Balaban J connectivity index is 2.06. The predicted molar refractivity (Wildman–Crippen MR) is 99.6 cm³/mol. The fourth-order valence-corrected chi connectivity index (χ4v) is 3.41. The number of methoxy groups -OCH3 is 2. The van der Waals surface area contributed by atoms with Gasteiger partial charge in [-0.3, -0.25) is 9.52 Å². The van der Waals surface area contributed by atoms with Crippen LogP contribution in [0.3, 0.4) is 0 Å². The van der Waals surface area contributed by atoms with Gasteiger partial charge in [-0.15, -0.1) is 0 Å². The molecule has 2 rings (SSSR count). The van der Waals surface area contributed by atoms with Gasteiger partial charge >= 0.3 is 6.18 Å². The predicted octanol–water partition coefficient (Wildman–Crippen LogP) is 2.73. The number of carbonyl (C=O) groups is 1. The second-order valence-electron chi connectivity index (χ2n) is 5.89. The number of rotatable bonds is 8. The van der Waals surface area contributed by atoms with E-state index in [1.54, 1.807) is 5.32 Å². The molecule has 0 saturated carbocycles. The van der Waals surface area contributed by atoms with Gasteiger partial charge in [-0.05, 0) is 29.8 Å². The lowest BCUT2D eigenvalue weighted by atomic mass is 10.1. The summed E-state index contributed by atoms with van der Waals surface area (Å²) in [6, 6.07) is 9.81. The largest absolute Gasteiger partial charge is 0.493 e. The molecular weight excluding hydrogens is 413 g/mol. The van der Waals surface area contributed by atoms with Crippen molar-refractivity contribution in [2.75, 3.05) is 25.5 Å². The molecule has 0 aromatic heterocycles. The van der Waals surface area contributed by atoms with Crippen LogP contribution in [0.5, 0.6) is 11.5 Å². The molecule has 2 aromatic rings.